The van der Waals surface area contributed by atoms with Gasteiger partial charge in [0, 0.05) is 38.3 Å². The quantitative estimate of drug-likeness (QED) is 0.595. The van der Waals surface area contributed by atoms with Crippen LogP contribution in [0.15, 0.2) is 18.3 Å². The molecule has 1 rings (SSSR count). The van der Waals surface area contributed by atoms with Crippen molar-refractivity contribution in [2.75, 3.05) is 13.1 Å². The van der Waals surface area contributed by atoms with Gasteiger partial charge in [-0.25, -0.2) is 0 Å². The fourth-order valence-electron chi connectivity index (χ4n) is 1.25. The number of carbonyl (C=O) groups is 2. The molecule has 0 aliphatic rings. The minimum Gasteiger partial charge on any atom is -0.355 e. The second-order valence-electron chi connectivity index (χ2n) is 3.48. The molecule has 0 atom stereocenters. The Morgan fingerprint density at radius 3 is 2.71 bits per heavy atom. The highest BCUT2D eigenvalue weighted by Crippen LogP contribution is 2.00. The van der Waals surface area contributed by atoms with E-state index >= 15 is 0 Å². The second kappa shape index (κ2) is 6.59. The molecule has 0 unspecified atom stereocenters. The number of aromatic nitrogens is 1. The first-order valence-electron chi connectivity index (χ1n) is 5.31. The molecule has 6 nitrogen and oxygen atoms in total. The monoisotopic (exact) mass is 236 g/mol. The number of nitrogens with two attached hydrogens (primary N) is 1. The summed E-state index contributed by atoms with van der Waals surface area (Å²) in [5, 5.41) is 5.27. The Labute approximate surface area is 99.6 Å². The van der Waals surface area contributed by atoms with Crippen molar-refractivity contribution in [3.63, 3.8) is 0 Å². The predicted octanol–water partition coefficient (Wildman–Crippen LogP) is -0.594. The Balaban J connectivity index is 2.43. The lowest BCUT2D eigenvalue weighted by Gasteiger charge is -2.06. The molecule has 1 aromatic heterocycles. The van der Waals surface area contributed by atoms with Crippen molar-refractivity contribution in [3.05, 3.63) is 29.6 Å². The number of nitrogens with zero attached hydrogens (tertiary/aromatic N) is 1. The van der Waals surface area contributed by atoms with E-state index in [1.807, 2.05) is 0 Å². The Hall–Kier alpha value is -1.95. The van der Waals surface area contributed by atoms with E-state index in [1.54, 1.807) is 18.3 Å². The molecule has 92 valence electrons. The van der Waals surface area contributed by atoms with Gasteiger partial charge in [-0.1, -0.05) is 0 Å². The van der Waals surface area contributed by atoms with Crippen LogP contribution in [0.25, 0.3) is 0 Å². The highest BCUT2D eigenvalue weighted by Gasteiger charge is 2.05. The molecule has 17 heavy (non-hydrogen) atoms. The highest BCUT2D eigenvalue weighted by molar-refractivity contribution is 5.94. The number of amides is 2. The molecule has 0 saturated heterocycles. The molecule has 0 spiro atoms. The fraction of sp³-hybridized carbons (Fsp3) is 0.364. The van der Waals surface area contributed by atoms with E-state index in [9.17, 15) is 9.59 Å². The number of nitrogens with one attached hydrogen (secondary N) is 2. The van der Waals surface area contributed by atoms with Gasteiger partial charge in [-0.2, -0.15) is 0 Å². The zero-order valence-corrected chi connectivity index (χ0v) is 9.69. The fourth-order valence-corrected chi connectivity index (χ4v) is 1.25. The number of rotatable bonds is 5. The molecule has 0 aliphatic heterocycles. The maximum atomic E-state index is 11.7. The molecule has 0 aromatic carbocycles. The molecule has 6 heteroatoms. The average Bonchev–Trinajstić information content (AvgIpc) is 2.34. The zero-order valence-electron chi connectivity index (χ0n) is 9.69. The summed E-state index contributed by atoms with van der Waals surface area (Å²) in [6.07, 6.45) is 1.55. The number of carbonyl (C=O) groups excluding carboxylic acids is 2. The van der Waals surface area contributed by atoms with E-state index < -0.39 is 0 Å². The second-order valence-corrected chi connectivity index (χ2v) is 3.48. The van der Waals surface area contributed by atoms with Crippen LogP contribution in [-0.4, -0.2) is 29.9 Å². The lowest BCUT2D eigenvalue weighted by Crippen LogP contribution is -2.33. The molecule has 4 N–H and O–H groups in total. The van der Waals surface area contributed by atoms with Crippen molar-refractivity contribution in [2.24, 2.45) is 5.73 Å². The lowest BCUT2D eigenvalue weighted by atomic mass is 10.2. The first-order valence-corrected chi connectivity index (χ1v) is 5.31. The van der Waals surface area contributed by atoms with Crippen LogP contribution in [0.1, 0.15) is 23.0 Å². The minimum atomic E-state index is -0.201. The van der Waals surface area contributed by atoms with Crippen LogP contribution >= 0.6 is 0 Å². The molecule has 0 saturated carbocycles. The van der Waals surface area contributed by atoms with Gasteiger partial charge in [0.2, 0.25) is 5.91 Å². The summed E-state index contributed by atoms with van der Waals surface area (Å²) < 4.78 is 0. The predicted molar refractivity (Wildman–Crippen MR) is 63.1 cm³/mol. The molecule has 0 radical (unpaired) electrons. The Morgan fingerprint density at radius 2 is 2.06 bits per heavy atom. The first kappa shape index (κ1) is 13.1. The molecule has 0 aliphatic carbocycles. The van der Waals surface area contributed by atoms with Gasteiger partial charge in [0.15, 0.2) is 0 Å². The van der Waals surface area contributed by atoms with Gasteiger partial charge in [0.25, 0.3) is 5.91 Å². The third-order valence-corrected chi connectivity index (χ3v) is 2.07. The van der Waals surface area contributed by atoms with Crippen molar-refractivity contribution in [2.45, 2.75) is 13.5 Å². The molecule has 1 heterocycles. The number of hydrogen-bond acceptors (Lipinski definition) is 4. The molecule has 0 bridgehead atoms. The van der Waals surface area contributed by atoms with Crippen molar-refractivity contribution in [1.82, 2.24) is 15.6 Å². The topological polar surface area (TPSA) is 97.1 Å². The SMILES string of the molecule is CC(=O)NCCNC(=O)c1ccnc(CN)c1. The van der Waals surface area contributed by atoms with Gasteiger partial charge in [-0.3, -0.25) is 14.6 Å². The Bertz CT molecular complexity index is 406. The van der Waals surface area contributed by atoms with Crippen molar-refractivity contribution in [1.29, 1.82) is 0 Å². The van der Waals surface area contributed by atoms with E-state index in [2.05, 4.69) is 15.6 Å². The molecule has 0 fully saturated rings. The van der Waals surface area contributed by atoms with Crippen LogP contribution in [0.3, 0.4) is 0 Å². The highest BCUT2D eigenvalue weighted by atomic mass is 16.2. The van der Waals surface area contributed by atoms with Crippen LogP contribution in [0, 0.1) is 0 Å². The van der Waals surface area contributed by atoms with Crippen LogP contribution < -0.4 is 16.4 Å². The summed E-state index contributed by atoms with van der Waals surface area (Å²) in [4.78, 5) is 26.3. The standard InChI is InChI=1S/C11H16N4O2/c1-8(16)13-4-5-15-11(17)9-2-3-14-10(6-9)7-12/h2-3,6H,4-5,7,12H2,1H3,(H,13,16)(H,15,17). The largest absolute Gasteiger partial charge is 0.355 e. The Morgan fingerprint density at radius 1 is 1.35 bits per heavy atom. The summed E-state index contributed by atoms with van der Waals surface area (Å²) in [7, 11) is 0. The van der Waals surface area contributed by atoms with Gasteiger partial charge in [-0.15, -0.1) is 0 Å². The first-order chi connectivity index (χ1) is 8.13. The molecular weight excluding hydrogens is 220 g/mol. The smallest absolute Gasteiger partial charge is 0.251 e. The van der Waals surface area contributed by atoms with E-state index in [1.165, 1.54) is 6.92 Å². The van der Waals surface area contributed by atoms with Crippen LogP contribution in [0.2, 0.25) is 0 Å². The molecule has 2 amide bonds. The number of pyridine rings is 1. The van der Waals surface area contributed by atoms with Crippen LogP contribution in [0.4, 0.5) is 0 Å². The van der Waals surface area contributed by atoms with Crippen molar-refractivity contribution < 1.29 is 9.59 Å². The van der Waals surface area contributed by atoms with E-state index in [-0.39, 0.29) is 11.8 Å². The maximum Gasteiger partial charge on any atom is 0.251 e. The van der Waals surface area contributed by atoms with Gasteiger partial charge < -0.3 is 16.4 Å². The summed E-state index contributed by atoms with van der Waals surface area (Å²) >= 11 is 0. The van der Waals surface area contributed by atoms with Gasteiger partial charge in [0.1, 0.15) is 0 Å². The maximum absolute atomic E-state index is 11.7. The summed E-state index contributed by atoms with van der Waals surface area (Å²) in [6.45, 7) is 2.53. The average molecular weight is 236 g/mol. The van der Waals surface area contributed by atoms with Gasteiger partial charge in [0.05, 0.1) is 5.69 Å². The summed E-state index contributed by atoms with van der Waals surface area (Å²) in [5.74, 6) is -0.318. The van der Waals surface area contributed by atoms with E-state index in [0.717, 1.165) is 0 Å². The van der Waals surface area contributed by atoms with Crippen LogP contribution in [0.5, 0.6) is 0 Å². The number of hydrogen-bond donors (Lipinski definition) is 3. The molecule has 1 aromatic rings. The van der Waals surface area contributed by atoms with Crippen molar-refractivity contribution in [3.8, 4) is 0 Å². The van der Waals surface area contributed by atoms with E-state index in [4.69, 9.17) is 5.73 Å². The van der Waals surface area contributed by atoms with Crippen LogP contribution in [-0.2, 0) is 11.3 Å². The third-order valence-electron chi connectivity index (χ3n) is 2.07. The van der Waals surface area contributed by atoms with E-state index in [0.29, 0.717) is 30.9 Å². The third kappa shape index (κ3) is 4.60. The van der Waals surface area contributed by atoms with Crippen molar-refractivity contribution >= 4 is 11.8 Å². The summed E-state index contributed by atoms with van der Waals surface area (Å²) in [5.41, 5.74) is 6.62. The van der Waals surface area contributed by atoms with Gasteiger partial charge >= 0.3 is 0 Å². The summed E-state index contributed by atoms with van der Waals surface area (Å²) in [6, 6.07) is 3.26. The Kier molecular flexibility index (Phi) is 5.09. The lowest BCUT2D eigenvalue weighted by molar-refractivity contribution is -0.118. The molecular formula is C11H16N4O2. The zero-order chi connectivity index (χ0) is 12.7. The minimum absolute atomic E-state index is 0.117. The normalized spacial score (nSPS) is 9.76. The van der Waals surface area contributed by atoms with Gasteiger partial charge in [-0.05, 0) is 12.1 Å².